The smallest absolute Gasteiger partial charge is 0.237 e. The molecule has 0 saturated carbocycles. The summed E-state index contributed by atoms with van der Waals surface area (Å²) < 4.78 is 5.34. The van der Waals surface area contributed by atoms with Gasteiger partial charge in [-0.1, -0.05) is 20.8 Å². The summed E-state index contributed by atoms with van der Waals surface area (Å²) in [5, 5.41) is 11.3. The largest absolute Gasteiger partial charge is 0.380 e. The van der Waals surface area contributed by atoms with Crippen molar-refractivity contribution in [1.82, 2.24) is 5.32 Å². The van der Waals surface area contributed by atoms with Gasteiger partial charge in [-0.05, 0) is 18.8 Å². The van der Waals surface area contributed by atoms with Crippen LogP contribution in [-0.2, 0) is 9.53 Å². The zero-order valence-electron chi connectivity index (χ0n) is 10.5. The van der Waals surface area contributed by atoms with Crippen LogP contribution < -0.4 is 5.32 Å². The van der Waals surface area contributed by atoms with Crippen LogP contribution in [0.15, 0.2) is 0 Å². The average molecular weight is 226 g/mol. The van der Waals surface area contributed by atoms with Crippen LogP contribution in [0.3, 0.4) is 0 Å². The minimum Gasteiger partial charge on any atom is -0.380 e. The zero-order valence-corrected chi connectivity index (χ0v) is 10.5. The Hall–Kier alpha value is -1.08. The molecule has 0 aromatic rings. The molecule has 0 aliphatic rings. The Labute approximate surface area is 98.0 Å². The molecule has 0 radical (unpaired) electrons. The molecule has 0 fully saturated rings. The molecule has 0 saturated heterocycles. The highest BCUT2D eigenvalue weighted by Gasteiger charge is 2.13. The van der Waals surface area contributed by atoms with Crippen molar-refractivity contribution in [3.05, 3.63) is 0 Å². The molecule has 4 heteroatoms. The van der Waals surface area contributed by atoms with Gasteiger partial charge in [-0.15, -0.1) is 0 Å². The minimum atomic E-state index is -0.532. The van der Waals surface area contributed by atoms with Gasteiger partial charge in [0.15, 0.2) is 0 Å². The molecule has 0 bridgehead atoms. The molecule has 0 rings (SSSR count). The van der Waals surface area contributed by atoms with Crippen molar-refractivity contribution < 1.29 is 9.53 Å². The first kappa shape index (κ1) is 14.9. The summed E-state index contributed by atoms with van der Waals surface area (Å²) in [6.07, 6.45) is 1.58. The van der Waals surface area contributed by atoms with Gasteiger partial charge < -0.3 is 10.1 Å². The fraction of sp³-hybridized carbons (Fsp3) is 0.833. The lowest BCUT2D eigenvalue weighted by molar-refractivity contribution is -0.123. The predicted octanol–water partition coefficient (Wildman–Crippen LogP) is 1.72. The van der Waals surface area contributed by atoms with Crippen LogP contribution in [0.1, 0.15) is 33.6 Å². The molecule has 0 aromatic carbocycles. The second-order valence-corrected chi connectivity index (χ2v) is 4.18. The standard InChI is InChI=1S/C12H22N2O2/c1-4-11(9-13)12(15)14-6-8-16-7-5-10(2)3/h10-11H,4-8H2,1-3H3,(H,14,15). The lowest BCUT2D eigenvalue weighted by Crippen LogP contribution is -2.32. The van der Waals surface area contributed by atoms with Crippen molar-refractivity contribution >= 4 is 5.91 Å². The number of amides is 1. The Kier molecular flexibility index (Phi) is 8.55. The Morgan fingerprint density at radius 3 is 2.62 bits per heavy atom. The molecule has 0 aromatic heterocycles. The number of nitrogens with zero attached hydrogens (tertiary/aromatic N) is 1. The van der Waals surface area contributed by atoms with E-state index in [0.29, 0.717) is 25.5 Å². The van der Waals surface area contributed by atoms with E-state index in [0.717, 1.165) is 13.0 Å². The van der Waals surface area contributed by atoms with Crippen LogP contribution in [-0.4, -0.2) is 25.7 Å². The van der Waals surface area contributed by atoms with Gasteiger partial charge >= 0.3 is 0 Å². The summed E-state index contributed by atoms with van der Waals surface area (Å²) >= 11 is 0. The summed E-state index contributed by atoms with van der Waals surface area (Å²) in [5.74, 6) is -0.0919. The molecular weight excluding hydrogens is 204 g/mol. The third kappa shape index (κ3) is 7.24. The van der Waals surface area contributed by atoms with Crippen LogP contribution in [0.5, 0.6) is 0 Å². The molecule has 0 aliphatic heterocycles. The van der Waals surface area contributed by atoms with E-state index in [9.17, 15) is 4.79 Å². The summed E-state index contributed by atoms with van der Waals surface area (Å²) in [5.41, 5.74) is 0. The molecule has 92 valence electrons. The number of nitriles is 1. The fourth-order valence-corrected chi connectivity index (χ4v) is 1.13. The first-order valence-electron chi connectivity index (χ1n) is 5.86. The molecule has 0 heterocycles. The maximum absolute atomic E-state index is 11.4. The van der Waals surface area contributed by atoms with Crippen LogP contribution in [0, 0.1) is 23.2 Å². The van der Waals surface area contributed by atoms with Crippen molar-refractivity contribution in [3.8, 4) is 6.07 Å². The average Bonchev–Trinajstić information content (AvgIpc) is 2.24. The van der Waals surface area contributed by atoms with Crippen LogP contribution in [0.4, 0.5) is 0 Å². The highest BCUT2D eigenvalue weighted by atomic mass is 16.5. The maximum Gasteiger partial charge on any atom is 0.237 e. The number of hydrogen-bond donors (Lipinski definition) is 1. The summed E-state index contributed by atoms with van der Waals surface area (Å²) in [7, 11) is 0. The molecule has 1 atom stereocenters. The van der Waals surface area contributed by atoms with Crippen molar-refractivity contribution in [2.75, 3.05) is 19.8 Å². The quantitative estimate of drug-likeness (QED) is 0.641. The highest BCUT2D eigenvalue weighted by molar-refractivity contribution is 5.80. The molecule has 4 nitrogen and oxygen atoms in total. The molecule has 0 aliphatic carbocycles. The van der Waals surface area contributed by atoms with E-state index in [1.807, 2.05) is 13.0 Å². The molecule has 1 amide bonds. The minimum absolute atomic E-state index is 0.197. The first-order chi connectivity index (χ1) is 7.61. The second-order valence-electron chi connectivity index (χ2n) is 4.18. The van der Waals surface area contributed by atoms with Crippen LogP contribution in [0.25, 0.3) is 0 Å². The first-order valence-corrected chi connectivity index (χ1v) is 5.86. The Bertz CT molecular complexity index is 234. The van der Waals surface area contributed by atoms with E-state index >= 15 is 0 Å². The molecule has 16 heavy (non-hydrogen) atoms. The Balaban J connectivity index is 3.45. The van der Waals surface area contributed by atoms with Gasteiger partial charge in [-0.2, -0.15) is 5.26 Å². The molecular formula is C12H22N2O2. The van der Waals surface area contributed by atoms with Gasteiger partial charge in [-0.3, -0.25) is 4.79 Å². The van der Waals surface area contributed by atoms with E-state index < -0.39 is 5.92 Å². The Morgan fingerprint density at radius 2 is 2.12 bits per heavy atom. The lowest BCUT2D eigenvalue weighted by atomic mass is 10.1. The summed E-state index contributed by atoms with van der Waals surface area (Å²) in [6.45, 7) is 7.83. The number of carbonyl (C=O) groups is 1. The predicted molar refractivity (Wildman–Crippen MR) is 62.7 cm³/mol. The topological polar surface area (TPSA) is 62.1 Å². The maximum atomic E-state index is 11.4. The second kappa shape index (κ2) is 9.17. The van der Waals surface area contributed by atoms with Crippen molar-refractivity contribution in [2.45, 2.75) is 33.6 Å². The number of ether oxygens (including phenoxy) is 1. The highest BCUT2D eigenvalue weighted by Crippen LogP contribution is 2.00. The summed E-state index contributed by atoms with van der Waals surface area (Å²) in [4.78, 5) is 11.4. The number of rotatable bonds is 8. The van der Waals surface area contributed by atoms with Gasteiger partial charge in [0.1, 0.15) is 5.92 Å². The normalized spacial score (nSPS) is 12.2. The third-order valence-electron chi connectivity index (χ3n) is 2.27. The van der Waals surface area contributed by atoms with E-state index in [1.165, 1.54) is 0 Å². The van der Waals surface area contributed by atoms with Crippen LogP contribution >= 0.6 is 0 Å². The monoisotopic (exact) mass is 226 g/mol. The lowest BCUT2D eigenvalue weighted by Gasteiger charge is -2.09. The number of nitrogens with one attached hydrogen (secondary N) is 1. The van der Waals surface area contributed by atoms with Gasteiger partial charge in [0.2, 0.25) is 5.91 Å². The number of carbonyl (C=O) groups excluding carboxylic acids is 1. The molecule has 1 N–H and O–H groups in total. The van der Waals surface area contributed by atoms with Gasteiger partial charge in [0.25, 0.3) is 0 Å². The fourth-order valence-electron chi connectivity index (χ4n) is 1.13. The van der Waals surface area contributed by atoms with Gasteiger partial charge in [0.05, 0.1) is 12.7 Å². The van der Waals surface area contributed by atoms with E-state index in [1.54, 1.807) is 0 Å². The van der Waals surface area contributed by atoms with Crippen molar-refractivity contribution in [1.29, 1.82) is 5.26 Å². The van der Waals surface area contributed by atoms with Gasteiger partial charge in [-0.25, -0.2) is 0 Å². The number of hydrogen-bond acceptors (Lipinski definition) is 3. The molecule has 1 unspecified atom stereocenters. The van der Waals surface area contributed by atoms with Crippen LogP contribution in [0.2, 0.25) is 0 Å². The van der Waals surface area contributed by atoms with E-state index in [4.69, 9.17) is 10.00 Å². The van der Waals surface area contributed by atoms with Crippen molar-refractivity contribution in [3.63, 3.8) is 0 Å². The summed E-state index contributed by atoms with van der Waals surface area (Å²) in [6, 6.07) is 1.97. The van der Waals surface area contributed by atoms with Crippen molar-refractivity contribution in [2.24, 2.45) is 11.8 Å². The SMILES string of the molecule is CCC(C#N)C(=O)NCCOCCC(C)C. The van der Waals surface area contributed by atoms with E-state index in [-0.39, 0.29) is 5.91 Å². The Morgan fingerprint density at radius 1 is 1.44 bits per heavy atom. The van der Waals surface area contributed by atoms with E-state index in [2.05, 4.69) is 19.2 Å². The zero-order chi connectivity index (χ0) is 12.4. The van der Waals surface area contributed by atoms with Gasteiger partial charge in [0, 0.05) is 13.2 Å². The third-order valence-corrected chi connectivity index (χ3v) is 2.27. The molecule has 0 spiro atoms.